The van der Waals surface area contributed by atoms with E-state index in [-0.39, 0.29) is 0 Å². The van der Waals surface area contributed by atoms with Gasteiger partial charge >= 0.3 is 0 Å². The van der Waals surface area contributed by atoms with Crippen LogP contribution in [0.15, 0.2) is 54.9 Å². The fraction of sp³-hybridized carbons (Fsp3) is 0.167. The highest BCUT2D eigenvalue weighted by atomic mass is 16.5. The molecule has 21 heavy (non-hydrogen) atoms. The number of ether oxygens (including phenoxy) is 1. The van der Waals surface area contributed by atoms with Crippen molar-refractivity contribution in [1.82, 2.24) is 9.38 Å². The van der Waals surface area contributed by atoms with Crippen LogP contribution < -0.4 is 4.74 Å². The van der Waals surface area contributed by atoms with Crippen LogP contribution in [-0.2, 0) is 6.42 Å². The topological polar surface area (TPSA) is 26.5 Å². The van der Waals surface area contributed by atoms with E-state index in [0.717, 1.165) is 18.4 Å². The molecule has 4 rings (SSSR count). The number of methoxy groups -OCH3 is 1. The van der Waals surface area contributed by atoms with E-state index in [1.165, 1.54) is 22.4 Å². The van der Waals surface area contributed by atoms with E-state index in [0.29, 0.717) is 5.88 Å². The second-order valence-electron chi connectivity index (χ2n) is 5.23. The summed E-state index contributed by atoms with van der Waals surface area (Å²) >= 11 is 0. The molecule has 1 aliphatic rings. The van der Waals surface area contributed by atoms with Gasteiger partial charge in [-0.25, -0.2) is 4.98 Å². The molecule has 0 amide bonds. The maximum absolute atomic E-state index is 5.39. The third-order valence-corrected chi connectivity index (χ3v) is 4.04. The largest absolute Gasteiger partial charge is 0.480 e. The third kappa shape index (κ3) is 1.85. The van der Waals surface area contributed by atoms with Gasteiger partial charge in [-0.2, -0.15) is 0 Å². The Hall–Kier alpha value is -2.55. The molecule has 0 aliphatic heterocycles. The fourth-order valence-corrected chi connectivity index (χ4v) is 3.12. The summed E-state index contributed by atoms with van der Waals surface area (Å²) in [5, 5.41) is 0. The quantitative estimate of drug-likeness (QED) is 0.713. The molecule has 0 N–H and O–H groups in total. The first-order chi connectivity index (χ1) is 10.4. The number of hydrogen-bond donors (Lipinski definition) is 0. The molecule has 0 saturated carbocycles. The van der Waals surface area contributed by atoms with Gasteiger partial charge in [-0.05, 0) is 30.0 Å². The highest BCUT2D eigenvalue weighted by molar-refractivity contribution is 5.84. The molecule has 3 heteroatoms. The van der Waals surface area contributed by atoms with E-state index < -0.39 is 0 Å². The maximum Gasteiger partial charge on any atom is 0.238 e. The molecule has 0 fully saturated rings. The Morgan fingerprint density at radius 2 is 2.05 bits per heavy atom. The number of aromatic nitrogens is 2. The first kappa shape index (κ1) is 12.2. The normalized spacial score (nSPS) is 13.9. The highest BCUT2D eigenvalue weighted by Gasteiger charge is 2.20. The molecule has 2 aromatic heterocycles. The molecule has 0 atom stereocenters. The van der Waals surface area contributed by atoms with Crippen LogP contribution in [0, 0.1) is 0 Å². The van der Waals surface area contributed by atoms with E-state index in [9.17, 15) is 0 Å². The van der Waals surface area contributed by atoms with Gasteiger partial charge in [0.25, 0.3) is 0 Å². The molecule has 104 valence electrons. The summed E-state index contributed by atoms with van der Waals surface area (Å²) in [7, 11) is 1.67. The number of allylic oxidation sites excluding steroid dienone is 1. The van der Waals surface area contributed by atoms with E-state index in [1.807, 2.05) is 6.20 Å². The summed E-state index contributed by atoms with van der Waals surface area (Å²) in [5.74, 6) is 0.680. The number of rotatable bonds is 2. The van der Waals surface area contributed by atoms with Gasteiger partial charge in [0.1, 0.15) is 5.52 Å². The molecule has 0 radical (unpaired) electrons. The van der Waals surface area contributed by atoms with Crippen molar-refractivity contribution in [3.63, 3.8) is 0 Å². The summed E-state index contributed by atoms with van der Waals surface area (Å²) in [4.78, 5) is 4.30. The van der Waals surface area contributed by atoms with E-state index in [1.54, 1.807) is 13.3 Å². The van der Waals surface area contributed by atoms with Crippen LogP contribution in [0.4, 0.5) is 0 Å². The Kier molecular flexibility index (Phi) is 2.78. The lowest BCUT2D eigenvalue weighted by Gasteiger charge is -2.16. The monoisotopic (exact) mass is 276 g/mol. The lowest BCUT2D eigenvalue weighted by atomic mass is 9.92. The van der Waals surface area contributed by atoms with Gasteiger partial charge in [-0.3, -0.25) is 0 Å². The van der Waals surface area contributed by atoms with Gasteiger partial charge < -0.3 is 9.14 Å². The number of nitrogens with zero attached hydrogens (tertiary/aromatic N) is 2. The number of fused-ring (bicyclic) bond motifs is 3. The van der Waals surface area contributed by atoms with Crippen LogP contribution in [-0.4, -0.2) is 16.5 Å². The lowest BCUT2D eigenvalue weighted by molar-refractivity contribution is 0.401. The maximum atomic E-state index is 5.39. The highest BCUT2D eigenvalue weighted by Crippen LogP contribution is 2.35. The Balaban J connectivity index is 1.99. The second-order valence-corrected chi connectivity index (χ2v) is 5.23. The zero-order chi connectivity index (χ0) is 14.2. The summed E-state index contributed by atoms with van der Waals surface area (Å²) in [5.41, 5.74) is 6.22. The first-order valence-corrected chi connectivity index (χ1v) is 7.17. The van der Waals surface area contributed by atoms with Crippen molar-refractivity contribution in [3.8, 4) is 5.88 Å². The smallest absolute Gasteiger partial charge is 0.238 e. The van der Waals surface area contributed by atoms with Gasteiger partial charge in [0.2, 0.25) is 5.88 Å². The minimum atomic E-state index is 0.680. The number of hydrogen-bond acceptors (Lipinski definition) is 2. The number of aryl methyl sites for hydroxylation is 1. The van der Waals surface area contributed by atoms with E-state index in [4.69, 9.17) is 4.74 Å². The molecule has 2 heterocycles. The van der Waals surface area contributed by atoms with Crippen LogP contribution in [0.1, 0.15) is 23.2 Å². The van der Waals surface area contributed by atoms with Crippen molar-refractivity contribution >= 4 is 11.1 Å². The molecule has 0 unspecified atom stereocenters. The van der Waals surface area contributed by atoms with Crippen molar-refractivity contribution in [2.75, 3.05) is 7.11 Å². The summed E-state index contributed by atoms with van der Waals surface area (Å²) in [6, 6.07) is 12.8. The zero-order valence-corrected chi connectivity index (χ0v) is 11.9. The molecule has 3 nitrogen and oxygen atoms in total. The van der Waals surface area contributed by atoms with E-state index >= 15 is 0 Å². The molecule has 3 aromatic rings. The van der Waals surface area contributed by atoms with Gasteiger partial charge in [0.05, 0.1) is 12.8 Å². The number of benzene rings is 1. The molecule has 1 aromatic carbocycles. The van der Waals surface area contributed by atoms with Crippen molar-refractivity contribution in [2.24, 2.45) is 0 Å². The van der Waals surface area contributed by atoms with Crippen LogP contribution in [0.5, 0.6) is 5.88 Å². The first-order valence-electron chi connectivity index (χ1n) is 7.17. The Morgan fingerprint density at radius 3 is 2.86 bits per heavy atom. The fourth-order valence-electron chi connectivity index (χ4n) is 3.12. The Morgan fingerprint density at radius 1 is 1.19 bits per heavy atom. The molecular weight excluding hydrogens is 260 g/mol. The minimum absolute atomic E-state index is 0.680. The van der Waals surface area contributed by atoms with Crippen LogP contribution in [0.2, 0.25) is 0 Å². The van der Waals surface area contributed by atoms with Gasteiger partial charge in [0.15, 0.2) is 0 Å². The SMILES string of the molecule is COc1nccn2c3c(cc12)CCC=C3c1ccccc1. The minimum Gasteiger partial charge on any atom is -0.480 e. The predicted molar refractivity (Wildman–Crippen MR) is 83.6 cm³/mol. The Labute approximate surface area is 123 Å². The Bertz CT molecular complexity index is 831. The van der Waals surface area contributed by atoms with Crippen molar-refractivity contribution in [2.45, 2.75) is 12.8 Å². The lowest BCUT2D eigenvalue weighted by Crippen LogP contribution is -2.02. The summed E-state index contributed by atoms with van der Waals surface area (Å²) in [6.07, 6.45) is 8.28. The molecule has 0 bridgehead atoms. The van der Waals surface area contributed by atoms with Gasteiger partial charge in [-0.1, -0.05) is 36.4 Å². The second kappa shape index (κ2) is 4.77. The average Bonchev–Trinajstić information content (AvgIpc) is 2.94. The van der Waals surface area contributed by atoms with Crippen molar-refractivity contribution in [1.29, 1.82) is 0 Å². The van der Waals surface area contributed by atoms with Crippen LogP contribution >= 0.6 is 0 Å². The van der Waals surface area contributed by atoms with Gasteiger partial charge in [-0.15, -0.1) is 0 Å². The summed E-state index contributed by atoms with van der Waals surface area (Å²) < 4.78 is 7.59. The standard InChI is InChI=1S/C18H16N2O/c1-21-18-16-12-14-8-5-9-15(13-6-3-2-4-7-13)17(14)20(16)11-10-19-18/h2-4,6-7,9-12H,5,8H2,1H3. The van der Waals surface area contributed by atoms with Crippen LogP contribution in [0.3, 0.4) is 0 Å². The van der Waals surface area contributed by atoms with Crippen molar-refractivity contribution in [3.05, 3.63) is 71.7 Å². The molecular formula is C18H16N2O. The predicted octanol–water partition coefficient (Wildman–Crippen LogP) is 3.72. The zero-order valence-electron chi connectivity index (χ0n) is 11.9. The molecule has 0 saturated heterocycles. The van der Waals surface area contributed by atoms with Crippen molar-refractivity contribution < 1.29 is 4.74 Å². The molecule has 0 spiro atoms. The molecule has 1 aliphatic carbocycles. The summed E-state index contributed by atoms with van der Waals surface area (Å²) in [6.45, 7) is 0. The van der Waals surface area contributed by atoms with Gasteiger partial charge in [0, 0.05) is 18.0 Å². The average molecular weight is 276 g/mol. The van der Waals surface area contributed by atoms with E-state index in [2.05, 4.69) is 51.9 Å². The van der Waals surface area contributed by atoms with Crippen LogP contribution in [0.25, 0.3) is 11.1 Å². The third-order valence-electron chi connectivity index (χ3n) is 4.04.